The molecule has 0 aliphatic carbocycles. The topological polar surface area (TPSA) is 55.1 Å². The summed E-state index contributed by atoms with van der Waals surface area (Å²) in [6.07, 6.45) is 1.60. The third kappa shape index (κ3) is 6.20. The van der Waals surface area contributed by atoms with Crippen LogP contribution in [0.15, 0.2) is 30.3 Å². The van der Waals surface area contributed by atoms with E-state index in [0.717, 1.165) is 12.0 Å². The van der Waals surface area contributed by atoms with Gasteiger partial charge in [0.1, 0.15) is 0 Å². The number of nitrogens with one attached hydrogen (secondary N) is 1. The van der Waals surface area contributed by atoms with Gasteiger partial charge in [-0.1, -0.05) is 58.0 Å². The first-order valence-corrected chi connectivity index (χ1v) is 7.36. The number of carbonyl (C=O) groups is 1. The standard InChI is InChI=1S/C17H28N2O/c1-13(11-17(2,3)4)10-16(20)19-15(12-18)14-8-6-5-7-9-14/h5-9,13,15H,10-12,18H2,1-4H3,(H,19,20). The fourth-order valence-electron chi connectivity index (χ4n) is 2.65. The third-order valence-corrected chi connectivity index (χ3v) is 3.27. The highest BCUT2D eigenvalue weighted by Crippen LogP contribution is 2.26. The van der Waals surface area contributed by atoms with E-state index in [4.69, 9.17) is 5.73 Å². The molecule has 2 atom stereocenters. The summed E-state index contributed by atoms with van der Waals surface area (Å²) in [5.74, 6) is 0.463. The van der Waals surface area contributed by atoms with Crippen LogP contribution in [0.25, 0.3) is 0 Å². The average Bonchev–Trinajstić information content (AvgIpc) is 2.34. The highest BCUT2D eigenvalue weighted by molar-refractivity contribution is 5.76. The average molecular weight is 276 g/mol. The van der Waals surface area contributed by atoms with Gasteiger partial charge in [-0.25, -0.2) is 0 Å². The van der Waals surface area contributed by atoms with Gasteiger partial charge in [-0.2, -0.15) is 0 Å². The lowest BCUT2D eigenvalue weighted by Gasteiger charge is -2.24. The van der Waals surface area contributed by atoms with Crippen molar-refractivity contribution in [2.24, 2.45) is 17.1 Å². The van der Waals surface area contributed by atoms with Gasteiger partial charge in [-0.3, -0.25) is 4.79 Å². The Morgan fingerprint density at radius 2 is 1.85 bits per heavy atom. The maximum absolute atomic E-state index is 12.1. The van der Waals surface area contributed by atoms with E-state index in [2.05, 4.69) is 33.0 Å². The van der Waals surface area contributed by atoms with Crippen molar-refractivity contribution in [3.63, 3.8) is 0 Å². The molecule has 0 bridgehead atoms. The van der Waals surface area contributed by atoms with E-state index in [1.807, 2.05) is 30.3 Å². The number of benzene rings is 1. The second-order valence-electron chi connectivity index (χ2n) is 6.84. The largest absolute Gasteiger partial charge is 0.348 e. The smallest absolute Gasteiger partial charge is 0.220 e. The van der Waals surface area contributed by atoms with Gasteiger partial charge in [0.05, 0.1) is 6.04 Å². The molecule has 1 aromatic carbocycles. The minimum atomic E-state index is -0.0921. The molecule has 0 aliphatic rings. The number of carbonyl (C=O) groups excluding carboxylic acids is 1. The molecule has 0 heterocycles. The molecule has 3 nitrogen and oxygen atoms in total. The number of hydrogen-bond donors (Lipinski definition) is 2. The van der Waals surface area contributed by atoms with Crippen molar-refractivity contribution in [1.82, 2.24) is 5.32 Å². The quantitative estimate of drug-likeness (QED) is 0.838. The molecule has 112 valence electrons. The van der Waals surface area contributed by atoms with Crippen molar-refractivity contribution in [2.75, 3.05) is 6.54 Å². The van der Waals surface area contributed by atoms with Crippen molar-refractivity contribution < 1.29 is 4.79 Å². The van der Waals surface area contributed by atoms with Gasteiger partial charge in [0, 0.05) is 13.0 Å². The Morgan fingerprint density at radius 1 is 1.25 bits per heavy atom. The molecule has 3 N–H and O–H groups in total. The second kappa shape index (κ2) is 7.44. The molecule has 0 spiro atoms. The van der Waals surface area contributed by atoms with E-state index in [1.165, 1.54) is 0 Å². The zero-order valence-electron chi connectivity index (χ0n) is 13.1. The molecule has 20 heavy (non-hydrogen) atoms. The Bertz CT molecular complexity index is 409. The Kier molecular flexibility index (Phi) is 6.21. The first-order valence-electron chi connectivity index (χ1n) is 7.36. The van der Waals surface area contributed by atoms with Crippen molar-refractivity contribution in [3.05, 3.63) is 35.9 Å². The zero-order chi connectivity index (χ0) is 15.2. The van der Waals surface area contributed by atoms with Crippen LogP contribution in [-0.2, 0) is 4.79 Å². The molecule has 1 aromatic rings. The lowest BCUT2D eigenvalue weighted by molar-refractivity contribution is -0.122. The van der Waals surface area contributed by atoms with Crippen LogP contribution in [0, 0.1) is 11.3 Å². The molecule has 0 aliphatic heterocycles. The van der Waals surface area contributed by atoms with Gasteiger partial charge in [0.2, 0.25) is 5.91 Å². The van der Waals surface area contributed by atoms with Crippen LogP contribution in [0.5, 0.6) is 0 Å². The van der Waals surface area contributed by atoms with Crippen LogP contribution in [0.1, 0.15) is 52.1 Å². The Balaban J connectivity index is 2.52. The molecule has 0 saturated heterocycles. The predicted molar refractivity (Wildman–Crippen MR) is 84.2 cm³/mol. The van der Waals surface area contributed by atoms with E-state index in [-0.39, 0.29) is 17.4 Å². The molecule has 2 unspecified atom stereocenters. The highest BCUT2D eigenvalue weighted by Gasteiger charge is 2.19. The SMILES string of the molecule is CC(CC(=O)NC(CN)c1ccccc1)CC(C)(C)C. The molecular formula is C17H28N2O. The predicted octanol–water partition coefficient (Wildman–Crippen LogP) is 3.27. The van der Waals surface area contributed by atoms with Crippen molar-refractivity contribution in [3.8, 4) is 0 Å². The summed E-state index contributed by atoms with van der Waals surface area (Å²) in [5, 5.41) is 3.04. The minimum absolute atomic E-state index is 0.0843. The Morgan fingerprint density at radius 3 is 2.35 bits per heavy atom. The zero-order valence-corrected chi connectivity index (χ0v) is 13.1. The fraction of sp³-hybridized carbons (Fsp3) is 0.588. The van der Waals surface area contributed by atoms with Gasteiger partial charge in [0.25, 0.3) is 0 Å². The van der Waals surface area contributed by atoms with E-state index in [0.29, 0.717) is 18.9 Å². The summed E-state index contributed by atoms with van der Waals surface area (Å²) < 4.78 is 0. The first kappa shape index (κ1) is 16.7. The van der Waals surface area contributed by atoms with E-state index >= 15 is 0 Å². The minimum Gasteiger partial charge on any atom is -0.348 e. The third-order valence-electron chi connectivity index (χ3n) is 3.27. The van der Waals surface area contributed by atoms with Crippen LogP contribution in [0.2, 0.25) is 0 Å². The molecule has 1 amide bonds. The van der Waals surface area contributed by atoms with Gasteiger partial charge in [-0.05, 0) is 23.3 Å². The monoisotopic (exact) mass is 276 g/mol. The molecule has 0 radical (unpaired) electrons. The summed E-state index contributed by atoms with van der Waals surface area (Å²) in [7, 11) is 0. The van der Waals surface area contributed by atoms with Crippen LogP contribution in [0.3, 0.4) is 0 Å². The summed E-state index contributed by atoms with van der Waals surface area (Å²) >= 11 is 0. The van der Waals surface area contributed by atoms with Gasteiger partial charge in [0.15, 0.2) is 0 Å². The molecule has 3 heteroatoms. The number of rotatable bonds is 6. The van der Waals surface area contributed by atoms with E-state index < -0.39 is 0 Å². The highest BCUT2D eigenvalue weighted by atomic mass is 16.1. The fourth-order valence-corrected chi connectivity index (χ4v) is 2.65. The summed E-state index contributed by atoms with van der Waals surface area (Å²) in [6, 6.07) is 9.79. The number of hydrogen-bond acceptors (Lipinski definition) is 2. The van der Waals surface area contributed by atoms with E-state index in [1.54, 1.807) is 0 Å². The molecule has 0 aromatic heterocycles. The summed E-state index contributed by atoms with van der Waals surface area (Å²) in [4.78, 5) is 12.1. The Labute approximate surface area is 122 Å². The van der Waals surface area contributed by atoms with Crippen molar-refractivity contribution in [1.29, 1.82) is 0 Å². The molecular weight excluding hydrogens is 248 g/mol. The second-order valence-corrected chi connectivity index (χ2v) is 6.84. The van der Waals surface area contributed by atoms with E-state index in [9.17, 15) is 4.79 Å². The van der Waals surface area contributed by atoms with Gasteiger partial charge in [-0.15, -0.1) is 0 Å². The lowest BCUT2D eigenvalue weighted by atomic mass is 9.84. The summed E-state index contributed by atoms with van der Waals surface area (Å²) in [6.45, 7) is 9.16. The van der Waals surface area contributed by atoms with Crippen molar-refractivity contribution in [2.45, 2.75) is 46.6 Å². The molecule has 0 saturated carbocycles. The lowest BCUT2D eigenvalue weighted by Crippen LogP contribution is -2.34. The normalized spacial score (nSPS) is 14.7. The maximum Gasteiger partial charge on any atom is 0.220 e. The van der Waals surface area contributed by atoms with Crippen LogP contribution >= 0.6 is 0 Å². The van der Waals surface area contributed by atoms with Crippen LogP contribution < -0.4 is 11.1 Å². The van der Waals surface area contributed by atoms with Gasteiger partial charge >= 0.3 is 0 Å². The molecule has 0 fully saturated rings. The van der Waals surface area contributed by atoms with Crippen LogP contribution in [0.4, 0.5) is 0 Å². The summed E-state index contributed by atoms with van der Waals surface area (Å²) in [5.41, 5.74) is 7.09. The first-order chi connectivity index (χ1) is 9.31. The number of nitrogens with two attached hydrogens (primary N) is 1. The maximum atomic E-state index is 12.1. The van der Waals surface area contributed by atoms with Crippen LogP contribution in [-0.4, -0.2) is 12.5 Å². The Hall–Kier alpha value is -1.35. The number of amides is 1. The molecule has 1 rings (SSSR count). The van der Waals surface area contributed by atoms with Crippen molar-refractivity contribution >= 4 is 5.91 Å². The van der Waals surface area contributed by atoms with Gasteiger partial charge < -0.3 is 11.1 Å².